The molecule has 1 amide bonds. The van der Waals surface area contributed by atoms with Crippen LogP contribution in [0.4, 0.5) is 0 Å². The van der Waals surface area contributed by atoms with Crippen LogP contribution < -0.4 is 5.32 Å². The van der Waals surface area contributed by atoms with Gasteiger partial charge in [0.25, 0.3) is 5.91 Å². The number of rotatable bonds is 1. The molecule has 0 unspecified atom stereocenters. The second-order valence-corrected chi connectivity index (χ2v) is 3.78. The predicted molar refractivity (Wildman–Crippen MR) is 61.7 cm³/mol. The summed E-state index contributed by atoms with van der Waals surface area (Å²) in [5.41, 5.74) is 2.42. The quantitative estimate of drug-likeness (QED) is 0.719. The monoisotopic (exact) mass is 215 g/mol. The van der Waals surface area contributed by atoms with E-state index >= 15 is 0 Å². The molecule has 82 valence electrons. The van der Waals surface area contributed by atoms with Crippen LogP contribution in [0.3, 0.4) is 0 Å². The van der Waals surface area contributed by atoms with E-state index in [2.05, 4.69) is 5.32 Å². The highest BCUT2D eigenvalue weighted by Crippen LogP contribution is 2.29. The first-order chi connectivity index (χ1) is 7.72. The van der Waals surface area contributed by atoms with Gasteiger partial charge in [0.05, 0.1) is 0 Å². The van der Waals surface area contributed by atoms with Gasteiger partial charge in [0, 0.05) is 19.0 Å². The molecule has 0 aromatic carbocycles. The van der Waals surface area contributed by atoms with Crippen molar-refractivity contribution in [1.29, 1.82) is 0 Å². The highest BCUT2D eigenvalue weighted by atomic mass is 16.2. The molecule has 0 fully saturated rings. The molecule has 16 heavy (non-hydrogen) atoms. The maximum absolute atomic E-state index is 11.7. The van der Waals surface area contributed by atoms with E-state index in [0.717, 1.165) is 11.1 Å². The maximum Gasteiger partial charge on any atom is 0.251 e. The molecule has 3 nitrogen and oxygen atoms in total. The van der Waals surface area contributed by atoms with Crippen molar-refractivity contribution in [2.45, 2.75) is 12.8 Å². The fourth-order valence-electron chi connectivity index (χ4n) is 1.94. The highest BCUT2D eigenvalue weighted by Gasteiger charge is 2.22. The summed E-state index contributed by atoms with van der Waals surface area (Å²) in [6.45, 7) is 0. The largest absolute Gasteiger partial charge is 0.355 e. The Kier molecular flexibility index (Phi) is 2.86. The summed E-state index contributed by atoms with van der Waals surface area (Å²) in [5.74, 6) is -0.201. The Hall–Kier alpha value is -1.90. The second kappa shape index (κ2) is 4.31. The van der Waals surface area contributed by atoms with E-state index in [0.29, 0.717) is 18.4 Å². The molecule has 2 aliphatic carbocycles. The van der Waals surface area contributed by atoms with Gasteiger partial charge in [0.1, 0.15) is 0 Å². The predicted octanol–water partition coefficient (Wildman–Crippen LogP) is 1.44. The lowest BCUT2D eigenvalue weighted by Crippen LogP contribution is -2.24. The van der Waals surface area contributed by atoms with Gasteiger partial charge in [0.15, 0.2) is 5.78 Å². The normalized spacial score (nSPS) is 19.1. The van der Waals surface area contributed by atoms with Crippen LogP contribution in [-0.4, -0.2) is 18.7 Å². The van der Waals surface area contributed by atoms with Crippen molar-refractivity contribution < 1.29 is 9.59 Å². The molecule has 0 saturated carbocycles. The Morgan fingerprint density at radius 1 is 1.38 bits per heavy atom. The first kappa shape index (κ1) is 10.6. The summed E-state index contributed by atoms with van der Waals surface area (Å²) in [6.07, 6.45) is 10.3. The third-order valence-corrected chi connectivity index (χ3v) is 2.72. The number of nitrogens with one attached hydrogen (secondary N) is 1. The summed E-state index contributed by atoms with van der Waals surface area (Å²) in [7, 11) is 1.57. The van der Waals surface area contributed by atoms with Crippen LogP contribution in [0.5, 0.6) is 0 Å². The van der Waals surface area contributed by atoms with Crippen molar-refractivity contribution >= 4 is 11.7 Å². The number of hydrogen-bond donors (Lipinski definition) is 1. The number of likely N-dealkylation sites (N-methyl/N-ethyl adjacent to an activating group) is 1. The zero-order valence-corrected chi connectivity index (χ0v) is 9.12. The van der Waals surface area contributed by atoms with Crippen molar-refractivity contribution in [2.75, 3.05) is 7.05 Å². The molecule has 0 radical (unpaired) electrons. The third kappa shape index (κ3) is 1.89. The topological polar surface area (TPSA) is 46.2 Å². The zero-order valence-electron chi connectivity index (χ0n) is 9.12. The molecular formula is C13H13NO2. The van der Waals surface area contributed by atoms with Crippen LogP contribution in [0.15, 0.2) is 47.1 Å². The molecule has 2 aliphatic rings. The highest BCUT2D eigenvalue weighted by molar-refractivity contribution is 6.07. The molecule has 0 aromatic heterocycles. The molecule has 0 bridgehead atoms. The first-order valence-corrected chi connectivity index (χ1v) is 5.24. The van der Waals surface area contributed by atoms with Crippen LogP contribution in [0.2, 0.25) is 0 Å². The fraction of sp³-hybridized carbons (Fsp3) is 0.231. The number of carbonyl (C=O) groups is 2. The Morgan fingerprint density at radius 3 is 2.94 bits per heavy atom. The smallest absolute Gasteiger partial charge is 0.251 e. The molecule has 0 aromatic rings. The Bertz CT molecular complexity index is 464. The minimum absolute atomic E-state index is 0.0103. The Labute approximate surface area is 94.2 Å². The van der Waals surface area contributed by atoms with Gasteiger partial charge in [-0.15, -0.1) is 0 Å². The van der Waals surface area contributed by atoms with Crippen molar-refractivity contribution in [2.24, 2.45) is 0 Å². The minimum atomic E-state index is -0.191. The molecule has 3 heteroatoms. The number of amides is 1. The zero-order chi connectivity index (χ0) is 11.5. The average molecular weight is 215 g/mol. The summed E-state index contributed by atoms with van der Waals surface area (Å²) in [6, 6.07) is 0. The van der Waals surface area contributed by atoms with Gasteiger partial charge in [-0.05, 0) is 23.6 Å². The van der Waals surface area contributed by atoms with E-state index in [9.17, 15) is 9.59 Å². The first-order valence-electron chi connectivity index (χ1n) is 5.24. The maximum atomic E-state index is 11.7. The molecule has 1 N–H and O–H groups in total. The van der Waals surface area contributed by atoms with E-state index in [-0.39, 0.29) is 11.7 Å². The van der Waals surface area contributed by atoms with Crippen molar-refractivity contribution in [3.05, 3.63) is 47.1 Å². The molecule has 0 aliphatic heterocycles. The summed E-state index contributed by atoms with van der Waals surface area (Å²) in [5, 5.41) is 2.57. The molecule has 2 rings (SSSR count). The lowest BCUT2D eigenvalue weighted by molar-refractivity contribution is -0.118. The molecule has 0 atom stereocenters. The van der Waals surface area contributed by atoms with E-state index in [1.54, 1.807) is 7.05 Å². The molecule has 0 heterocycles. The Balaban J connectivity index is 2.46. The second-order valence-electron chi connectivity index (χ2n) is 3.78. The summed E-state index contributed by atoms with van der Waals surface area (Å²) < 4.78 is 0. The lowest BCUT2D eigenvalue weighted by Gasteiger charge is -2.17. The SMILES string of the molecule is CNC(=O)C1=CC(=O)CC2=C1CC=CC=C2. The van der Waals surface area contributed by atoms with Crippen LogP contribution in [-0.2, 0) is 9.59 Å². The van der Waals surface area contributed by atoms with Crippen LogP contribution in [0, 0.1) is 0 Å². The van der Waals surface area contributed by atoms with Gasteiger partial charge in [-0.1, -0.05) is 24.3 Å². The van der Waals surface area contributed by atoms with E-state index in [4.69, 9.17) is 0 Å². The van der Waals surface area contributed by atoms with Crippen LogP contribution in [0.1, 0.15) is 12.8 Å². The average Bonchev–Trinajstić information content (AvgIpc) is 2.51. The number of ketones is 1. The standard InChI is InChI=1S/C13H13NO2/c1-14-13(16)12-8-10(15)7-9-5-3-2-4-6-11(9)12/h2-5,8H,6-7H2,1H3,(H,14,16). The number of allylic oxidation sites excluding steroid dienone is 6. The van der Waals surface area contributed by atoms with Gasteiger partial charge in [-0.2, -0.15) is 0 Å². The third-order valence-electron chi connectivity index (χ3n) is 2.72. The van der Waals surface area contributed by atoms with E-state index < -0.39 is 0 Å². The van der Waals surface area contributed by atoms with Crippen LogP contribution in [0.25, 0.3) is 0 Å². The van der Waals surface area contributed by atoms with Crippen molar-refractivity contribution in [3.63, 3.8) is 0 Å². The van der Waals surface area contributed by atoms with Gasteiger partial charge in [-0.25, -0.2) is 0 Å². The van der Waals surface area contributed by atoms with Crippen molar-refractivity contribution in [3.8, 4) is 0 Å². The van der Waals surface area contributed by atoms with Crippen molar-refractivity contribution in [1.82, 2.24) is 5.32 Å². The van der Waals surface area contributed by atoms with E-state index in [1.807, 2.05) is 24.3 Å². The van der Waals surface area contributed by atoms with Gasteiger partial charge in [0.2, 0.25) is 0 Å². The van der Waals surface area contributed by atoms with Gasteiger partial charge < -0.3 is 5.32 Å². The fourth-order valence-corrected chi connectivity index (χ4v) is 1.94. The molecule has 0 saturated heterocycles. The molecule has 0 spiro atoms. The Morgan fingerprint density at radius 2 is 2.19 bits per heavy atom. The van der Waals surface area contributed by atoms with Gasteiger partial charge >= 0.3 is 0 Å². The van der Waals surface area contributed by atoms with Crippen LogP contribution >= 0.6 is 0 Å². The summed E-state index contributed by atoms with van der Waals surface area (Å²) >= 11 is 0. The minimum Gasteiger partial charge on any atom is -0.355 e. The number of carbonyl (C=O) groups excluding carboxylic acids is 2. The van der Waals surface area contributed by atoms with E-state index in [1.165, 1.54) is 6.08 Å². The lowest BCUT2D eigenvalue weighted by atomic mass is 9.88. The number of hydrogen-bond acceptors (Lipinski definition) is 2. The summed E-state index contributed by atoms with van der Waals surface area (Å²) in [4.78, 5) is 23.2. The molecular weight excluding hydrogens is 202 g/mol. The van der Waals surface area contributed by atoms with Gasteiger partial charge in [-0.3, -0.25) is 9.59 Å².